The van der Waals surface area contributed by atoms with Gasteiger partial charge in [0.1, 0.15) is 23.4 Å². The third-order valence-electron chi connectivity index (χ3n) is 7.34. The van der Waals surface area contributed by atoms with Gasteiger partial charge in [-0.25, -0.2) is 0 Å². The van der Waals surface area contributed by atoms with Crippen LogP contribution in [-0.4, -0.2) is 17.7 Å². The van der Waals surface area contributed by atoms with Gasteiger partial charge in [0.25, 0.3) is 0 Å². The lowest BCUT2D eigenvalue weighted by molar-refractivity contribution is -0.125. The zero-order valence-corrected chi connectivity index (χ0v) is 23.5. The lowest BCUT2D eigenvalue weighted by Gasteiger charge is -2.21. The monoisotopic (exact) mass is 510 g/mol. The summed E-state index contributed by atoms with van der Waals surface area (Å²) in [5.74, 6) is 1.36. The first kappa shape index (κ1) is 29.1. The van der Waals surface area contributed by atoms with Gasteiger partial charge >= 0.3 is 0 Å². The second-order valence-corrected chi connectivity index (χ2v) is 11.0. The van der Waals surface area contributed by atoms with Gasteiger partial charge in [-0.1, -0.05) is 74.1 Å². The average Bonchev–Trinajstić information content (AvgIpc) is 2.84. The van der Waals surface area contributed by atoms with Crippen molar-refractivity contribution in [3.63, 3.8) is 0 Å². The van der Waals surface area contributed by atoms with Crippen molar-refractivity contribution in [1.82, 2.24) is 0 Å². The molecule has 0 saturated carbocycles. The molecule has 3 heteroatoms. The van der Waals surface area contributed by atoms with Crippen LogP contribution in [0.5, 0.6) is 5.75 Å². The highest BCUT2D eigenvalue weighted by molar-refractivity contribution is 5.81. The summed E-state index contributed by atoms with van der Waals surface area (Å²) in [5.41, 5.74) is 7.92. The first-order chi connectivity index (χ1) is 18.2. The summed E-state index contributed by atoms with van der Waals surface area (Å²) in [6.45, 7) is 7.41. The summed E-state index contributed by atoms with van der Waals surface area (Å²) < 4.78 is 6.29. The Morgan fingerprint density at radius 1 is 0.974 bits per heavy atom. The van der Waals surface area contributed by atoms with Crippen LogP contribution in [0.25, 0.3) is 5.57 Å². The van der Waals surface area contributed by atoms with E-state index in [-0.39, 0.29) is 23.1 Å². The van der Waals surface area contributed by atoms with Gasteiger partial charge in [0, 0.05) is 11.8 Å². The quantitative estimate of drug-likeness (QED) is 0.264. The van der Waals surface area contributed by atoms with Crippen molar-refractivity contribution in [1.29, 1.82) is 0 Å². The van der Waals surface area contributed by atoms with Crippen molar-refractivity contribution in [2.75, 3.05) is 0 Å². The Balaban J connectivity index is 1.51. The van der Waals surface area contributed by atoms with Gasteiger partial charge in [0.15, 0.2) is 0 Å². The van der Waals surface area contributed by atoms with Gasteiger partial charge in [-0.2, -0.15) is 0 Å². The highest BCUT2D eigenvalue weighted by Gasteiger charge is 2.23. The van der Waals surface area contributed by atoms with E-state index in [4.69, 9.17) is 4.74 Å². The Morgan fingerprint density at radius 3 is 2.47 bits per heavy atom. The summed E-state index contributed by atoms with van der Waals surface area (Å²) in [6.07, 6.45) is 26.0. The zero-order chi connectivity index (χ0) is 27.4. The van der Waals surface area contributed by atoms with Crippen LogP contribution in [0.1, 0.15) is 84.6 Å². The molecular formula is C35H42O3. The minimum atomic E-state index is -0.246. The van der Waals surface area contributed by atoms with Gasteiger partial charge in [0.05, 0.1) is 0 Å². The highest BCUT2D eigenvalue weighted by Crippen LogP contribution is 2.28. The van der Waals surface area contributed by atoms with Crippen molar-refractivity contribution < 1.29 is 14.3 Å². The largest absolute Gasteiger partial charge is 0.486 e. The van der Waals surface area contributed by atoms with E-state index < -0.39 is 0 Å². The van der Waals surface area contributed by atoms with Gasteiger partial charge in [0.2, 0.25) is 0 Å². The summed E-state index contributed by atoms with van der Waals surface area (Å²) >= 11 is 0. The summed E-state index contributed by atoms with van der Waals surface area (Å²) in [5, 5.41) is 0. The molecular weight excluding hydrogens is 468 g/mol. The van der Waals surface area contributed by atoms with Crippen LogP contribution < -0.4 is 4.74 Å². The molecule has 0 N–H and O–H groups in total. The molecule has 1 aromatic carbocycles. The topological polar surface area (TPSA) is 43.4 Å². The van der Waals surface area contributed by atoms with Crippen LogP contribution in [0.4, 0.5) is 0 Å². The average molecular weight is 511 g/mol. The maximum Gasteiger partial charge on any atom is 0.135 e. The van der Waals surface area contributed by atoms with E-state index in [2.05, 4.69) is 60.4 Å². The zero-order valence-electron chi connectivity index (χ0n) is 23.5. The lowest BCUT2D eigenvalue weighted by atomic mass is 9.83. The van der Waals surface area contributed by atoms with Crippen molar-refractivity contribution >= 4 is 17.1 Å². The summed E-state index contributed by atoms with van der Waals surface area (Å²) in [7, 11) is 0. The smallest absolute Gasteiger partial charge is 0.135 e. The first-order valence-corrected chi connectivity index (χ1v) is 13.9. The number of ketones is 2. The molecule has 0 fully saturated rings. The van der Waals surface area contributed by atoms with E-state index in [0.29, 0.717) is 6.42 Å². The van der Waals surface area contributed by atoms with Gasteiger partial charge in [-0.15, -0.1) is 5.73 Å². The number of carbonyl (C=O) groups is 2. The fourth-order valence-electron chi connectivity index (χ4n) is 4.52. The fourth-order valence-corrected chi connectivity index (χ4v) is 4.52. The SMILES string of the molecule is CC(=O)CCCC1=C\C=C\C(c2ccc(OC3C=C=C/C=C(/CCCC(C)(C)C(C)=O)CC3)cc2)=C/C=C\1. The predicted molar refractivity (Wildman–Crippen MR) is 158 cm³/mol. The molecule has 1 unspecified atom stereocenters. The van der Waals surface area contributed by atoms with E-state index in [0.717, 1.165) is 61.8 Å². The number of benzene rings is 1. The number of rotatable bonds is 12. The maximum atomic E-state index is 11.8. The van der Waals surface area contributed by atoms with Crippen molar-refractivity contribution in [3.05, 3.63) is 101 Å². The minimum absolute atomic E-state index is 0.0236. The highest BCUT2D eigenvalue weighted by atomic mass is 16.5. The molecule has 3 nitrogen and oxygen atoms in total. The third-order valence-corrected chi connectivity index (χ3v) is 7.34. The maximum absolute atomic E-state index is 11.8. The van der Waals surface area contributed by atoms with E-state index >= 15 is 0 Å². The molecule has 0 heterocycles. The molecule has 1 atom stereocenters. The van der Waals surface area contributed by atoms with E-state index in [1.807, 2.05) is 38.1 Å². The predicted octanol–water partition coefficient (Wildman–Crippen LogP) is 8.85. The van der Waals surface area contributed by atoms with Gasteiger partial charge < -0.3 is 9.53 Å². The molecule has 0 radical (unpaired) electrons. The molecule has 0 spiro atoms. The molecule has 0 saturated heterocycles. The van der Waals surface area contributed by atoms with Gasteiger partial charge in [-0.3, -0.25) is 4.79 Å². The fraction of sp³-hybridized carbons (Fsp3) is 0.400. The summed E-state index contributed by atoms with van der Waals surface area (Å²) in [6, 6.07) is 8.27. The summed E-state index contributed by atoms with van der Waals surface area (Å²) in [4.78, 5) is 23.0. The number of ether oxygens (including phenoxy) is 1. The molecule has 1 aromatic rings. The van der Waals surface area contributed by atoms with Crippen molar-refractivity contribution in [2.24, 2.45) is 5.41 Å². The molecule has 200 valence electrons. The molecule has 0 aliphatic heterocycles. The molecule has 0 bridgehead atoms. The Morgan fingerprint density at radius 2 is 1.74 bits per heavy atom. The standard InChI is InChI=1S/C35H42O3/c1-27(36)11-7-13-29-14-8-17-31(18-9-15-29)32-21-24-34(25-22-32)38-33-19-6-5-12-30(20-23-33)16-10-26-35(3,4)28(2)37/h5,8-9,12,14-15,17-19,21-22,24-25,33H,7,10-11,13,16,20,23,26H2,1-4H3/b14-8-,15-9?,17-8?,18-9+,29-14?,29-15+,30-12-,31-17+,31-18?. The van der Waals surface area contributed by atoms with Crippen molar-refractivity contribution in [3.8, 4) is 5.75 Å². The number of allylic oxidation sites excluding steroid dienone is 10. The number of hydrogen-bond acceptors (Lipinski definition) is 3. The molecule has 0 aromatic heterocycles. The van der Waals surface area contributed by atoms with Crippen molar-refractivity contribution in [2.45, 2.75) is 85.2 Å². The normalized spacial score (nSPS) is 23.3. The Labute approximate surface area is 229 Å². The molecule has 2 aliphatic rings. The third kappa shape index (κ3) is 9.80. The minimum Gasteiger partial charge on any atom is -0.486 e. The molecule has 2 aliphatic carbocycles. The first-order valence-electron chi connectivity index (χ1n) is 13.9. The van der Waals surface area contributed by atoms with Gasteiger partial charge in [-0.05, 0) is 99.8 Å². The molecule has 0 amide bonds. The van der Waals surface area contributed by atoms with Crippen LogP contribution in [0.3, 0.4) is 0 Å². The Kier molecular flexibility index (Phi) is 11.1. The van der Waals surface area contributed by atoms with Crippen LogP contribution in [0.15, 0.2) is 95.8 Å². The number of carbonyl (C=O) groups excluding carboxylic acids is 2. The lowest BCUT2D eigenvalue weighted by Crippen LogP contribution is -2.21. The number of hydrogen-bond donors (Lipinski definition) is 0. The second kappa shape index (κ2) is 14.5. The second-order valence-electron chi connectivity index (χ2n) is 11.0. The van der Waals surface area contributed by atoms with Crippen LogP contribution in [0.2, 0.25) is 0 Å². The van der Waals surface area contributed by atoms with Crippen LogP contribution >= 0.6 is 0 Å². The number of Topliss-reactive ketones (excluding diaryl/α,β-unsaturated/α-hetero) is 2. The van der Waals surface area contributed by atoms with Crippen LogP contribution in [-0.2, 0) is 9.59 Å². The molecule has 3 rings (SSSR count). The van der Waals surface area contributed by atoms with E-state index in [9.17, 15) is 9.59 Å². The Hall–Kier alpha value is -3.42. The van der Waals surface area contributed by atoms with E-state index in [1.165, 1.54) is 11.1 Å². The van der Waals surface area contributed by atoms with Crippen LogP contribution in [0, 0.1) is 5.41 Å². The molecule has 38 heavy (non-hydrogen) atoms. The van der Waals surface area contributed by atoms with E-state index in [1.54, 1.807) is 13.8 Å². The Bertz CT molecular complexity index is 1190.